The molecule has 0 heterocycles. The van der Waals surface area contributed by atoms with Crippen molar-refractivity contribution in [1.82, 2.24) is 0 Å². The van der Waals surface area contributed by atoms with Crippen LogP contribution in [0.15, 0.2) is 10.6 Å². The first-order valence-electron chi connectivity index (χ1n) is 5.39. The zero-order valence-electron chi connectivity index (χ0n) is 9.47. The standard InChI is InChI=1S/C12H17BrO2/c1-11(2)8-4-5-12(6-8,9(11)7-13)10(14)15-3/h7-8H,4-6H2,1-3H3/b9-7+/t8-,12+/m1/s1. The molecule has 0 aromatic carbocycles. The Morgan fingerprint density at radius 1 is 1.60 bits per heavy atom. The highest BCUT2D eigenvalue weighted by Gasteiger charge is 2.62. The molecule has 84 valence electrons. The van der Waals surface area contributed by atoms with Gasteiger partial charge < -0.3 is 4.74 Å². The summed E-state index contributed by atoms with van der Waals surface area (Å²) >= 11 is 3.42. The molecule has 2 fully saturated rings. The van der Waals surface area contributed by atoms with E-state index in [1.807, 2.05) is 4.99 Å². The third kappa shape index (κ3) is 1.25. The van der Waals surface area contributed by atoms with Crippen LogP contribution in [0.4, 0.5) is 0 Å². The molecule has 2 atom stereocenters. The van der Waals surface area contributed by atoms with Crippen LogP contribution in [0.5, 0.6) is 0 Å². The second-order valence-electron chi connectivity index (χ2n) is 5.26. The number of methoxy groups -OCH3 is 1. The number of carbonyl (C=O) groups is 1. The van der Waals surface area contributed by atoms with Crippen LogP contribution in [-0.2, 0) is 9.53 Å². The number of fused-ring (bicyclic) bond motifs is 2. The van der Waals surface area contributed by atoms with Crippen LogP contribution in [0.3, 0.4) is 0 Å². The maximum atomic E-state index is 12.0. The first kappa shape index (κ1) is 11.2. The fraction of sp³-hybridized carbons (Fsp3) is 0.750. The highest BCUT2D eigenvalue weighted by molar-refractivity contribution is 9.11. The van der Waals surface area contributed by atoms with Gasteiger partial charge in [-0.1, -0.05) is 29.8 Å². The first-order valence-corrected chi connectivity index (χ1v) is 6.30. The minimum absolute atomic E-state index is 0.0544. The molecule has 0 amide bonds. The lowest BCUT2D eigenvalue weighted by molar-refractivity contribution is -0.150. The minimum Gasteiger partial charge on any atom is -0.468 e. The van der Waals surface area contributed by atoms with E-state index in [0.717, 1.165) is 19.3 Å². The Morgan fingerprint density at radius 3 is 2.80 bits per heavy atom. The van der Waals surface area contributed by atoms with Gasteiger partial charge in [-0.3, -0.25) is 4.79 Å². The van der Waals surface area contributed by atoms with Crippen LogP contribution in [0, 0.1) is 16.7 Å². The van der Waals surface area contributed by atoms with E-state index in [9.17, 15) is 4.79 Å². The van der Waals surface area contributed by atoms with E-state index in [4.69, 9.17) is 4.74 Å². The Hall–Kier alpha value is -0.310. The Kier molecular flexibility index (Phi) is 2.49. The summed E-state index contributed by atoms with van der Waals surface area (Å²) in [6.45, 7) is 4.46. The maximum Gasteiger partial charge on any atom is 0.315 e. The van der Waals surface area contributed by atoms with Gasteiger partial charge in [-0.25, -0.2) is 0 Å². The van der Waals surface area contributed by atoms with E-state index in [1.165, 1.54) is 12.7 Å². The van der Waals surface area contributed by atoms with E-state index in [0.29, 0.717) is 5.92 Å². The Labute approximate surface area is 99.2 Å². The fourth-order valence-electron chi connectivity index (χ4n) is 3.48. The largest absolute Gasteiger partial charge is 0.468 e. The number of hydrogen-bond donors (Lipinski definition) is 0. The predicted octanol–water partition coefficient (Wildman–Crippen LogP) is 3.26. The van der Waals surface area contributed by atoms with Gasteiger partial charge in [-0.05, 0) is 41.2 Å². The van der Waals surface area contributed by atoms with Crippen molar-refractivity contribution in [2.45, 2.75) is 33.1 Å². The number of ether oxygens (including phenoxy) is 1. The molecule has 0 unspecified atom stereocenters. The van der Waals surface area contributed by atoms with E-state index in [1.54, 1.807) is 0 Å². The topological polar surface area (TPSA) is 26.3 Å². The molecule has 2 aliphatic carbocycles. The molecule has 2 nitrogen and oxygen atoms in total. The quantitative estimate of drug-likeness (QED) is 0.685. The second kappa shape index (κ2) is 3.34. The van der Waals surface area contributed by atoms with Gasteiger partial charge >= 0.3 is 5.97 Å². The van der Waals surface area contributed by atoms with Crippen LogP contribution in [-0.4, -0.2) is 13.1 Å². The summed E-state index contributed by atoms with van der Waals surface area (Å²) in [7, 11) is 1.49. The zero-order valence-corrected chi connectivity index (χ0v) is 11.1. The van der Waals surface area contributed by atoms with Crippen LogP contribution >= 0.6 is 15.9 Å². The lowest BCUT2D eigenvalue weighted by Gasteiger charge is -2.36. The van der Waals surface area contributed by atoms with Gasteiger partial charge in [0.2, 0.25) is 0 Å². The molecular weight excluding hydrogens is 256 g/mol. The van der Waals surface area contributed by atoms with Gasteiger partial charge in [0, 0.05) is 0 Å². The molecular formula is C12H17BrO2. The van der Waals surface area contributed by atoms with Crippen molar-refractivity contribution < 1.29 is 9.53 Å². The lowest BCUT2D eigenvalue weighted by atomic mass is 9.68. The van der Waals surface area contributed by atoms with E-state index < -0.39 is 0 Å². The molecule has 2 saturated carbocycles. The van der Waals surface area contributed by atoms with Crippen molar-refractivity contribution >= 4 is 21.9 Å². The normalized spacial score (nSPS) is 39.7. The third-order valence-electron chi connectivity index (χ3n) is 4.43. The molecule has 2 bridgehead atoms. The molecule has 2 aliphatic rings. The maximum absolute atomic E-state index is 12.0. The molecule has 0 N–H and O–H groups in total. The minimum atomic E-state index is -0.327. The van der Waals surface area contributed by atoms with Gasteiger partial charge in [0.05, 0.1) is 12.5 Å². The van der Waals surface area contributed by atoms with Crippen molar-refractivity contribution in [2.75, 3.05) is 7.11 Å². The highest BCUT2D eigenvalue weighted by atomic mass is 79.9. The van der Waals surface area contributed by atoms with E-state index in [-0.39, 0.29) is 16.8 Å². The summed E-state index contributed by atoms with van der Waals surface area (Å²) in [6.07, 6.45) is 3.06. The predicted molar refractivity (Wildman–Crippen MR) is 62.6 cm³/mol. The Bertz CT molecular complexity index is 333. The zero-order chi connectivity index (χ0) is 11.3. The summed E-state index contributed by atoms with van der Waals surface area (Å²) in [5.41, 5.74) is 1.03. The average molecular weight is 273 g/mol. The monoisotopic (exact) mass is 272 g/mol. The Morgan fingerprint density at radius 2 is 2.27 bits per heavy atom. The van der Waals surface area contributed by atoms with Crippen LogP contribution < -0.4 is 0 Å². The molecule has 15 heavy (non-hydrogen) atoms. The number of hydrogen-bond acceptors (Lipinski definition) is 2. The van der Waals surface area contributed by atoms with Gasteiger partial charge in [0.15, 0.2) is 0 Å². The molecule has 2 rings (SSSR count). The second-order valence-corrected chi connectivity index (χ2v) is 5.72. The summed E-state index contributed by atoms with van der Waals surface area (Å²) in [5, 5.41) is 0. The highest BCUT2D eigenvalue weighted by Crippen LogP contribution is 2.66. The molecule has 0 aromatic heterocycles. The number of esters is 1. The number of halogens is 1. The van der Waals surface area contributed by atoms with Crippen molar-refractivity contribution in [3.8, 4) is 0 Å². The van der Waals surface area contributed by atoms with E-state index >= 15 is 0 Å². The van der Waals surface area contributed by atoms with Crippen molar-refractivity contribution in [3.05, 3.63) is 10.6 Å². The number of rotatable bonds is 1. The Balaban J connectivity index is 2.47. The number of carbonyl (C=O) groups excluding carboxylic acids is 1. The molecule has 0 saturated heterocycles. The van der Waals surface area contributed by atoms with Crippen LogP contribution in [0.2, 0.25) is 0 Å². The van der Waals surface area contributed by atoms with Gasteiger partial charge in [0.1, 0.15) is 0 Å². The fourth-order valence-corrected chi connectivity index (χ4v) is 4.51. The van der Waals surface area contributed by atoms with Crippen LogP contribution in [0.25, 0.3) is 0 Å². The molecule has 3 heteroatoms. The third-order valence-corrected chi connectivity index (χ3v) is 4.89. The van der Waals surface area contributed by atoms with Crippen molar-refractivity contribution in [2.24, 2.45) is 16.7 Å². The summed E-state index contributed by atoms with van der Waals surface area (Å²) < 4.78 is 4.98. The average Bonchev–Trinajstić information content (AvgIpc) is 2.71. The molecule has 0 radical (unpaired) electrons. The smallest absolute Gasteiger partial charge is 0.315 e. The van der Waals surface area contributed by atoms with Gasteiger partial charge in [-0.2, -0.15) is 0 Å². The summed E-state index contributed by atoms with van der Waals surface area (Å²) in [5.74, 6) is 0.571. The SMILES string of the molecule is COC(=O)[C@@]12CC[C@H](C1)C(C)(C)/C2=C\Br. The van der Waals surface area contributed by atoms with Gasteiger partial charge in [-0.15, -0.1) is 0 Å². The summed E-state index contributed by atoms with van der Waals surface area (Å²) in [6, 6.07) is 0. The van der Waals surface area contributed by atoms with E-state index in [2.05, 4.69) is 29.8 Å². The van der Waals surface area contributed by atoms with Crippen LogP contribution in [0.1, 0.15) is 33.1 Å². The first-order chi connectivity index (χ1) is 6.99. The molecule has 0 aromatic rings. The van der Waals surface area contributed by atoms with Crippen molar-refractivity contribution in [1.29, 1.82) is 0 Å². The van der Waals surface area contributed by atoms with Crippen molar-refractivity contribution in [3.63, 3.8) is 0 Å². The molecule has 0 aliphatic heterocycles. The summed E-state index contributed by atoms with van der Waals surface area (Å²) in [4.78, 5) is 13.9. The lowest BCUT2D eigenvalue weighted by Crippen LogP contribution is -2.34. The molecule has 0 spiro atoms. The van der Waals surface area contributed by atoms with Gasteiger partial charge in [0.25, 0.3) is 0 Å².